The van der Waals surface area contributed by atoms with Crippen LogP contribution in [0.4, 0.5) is 0 Å². The zero-order valence-electron chi connectivity index (χ0n) is 7.46. The zero-order chi connectivity index (χ0) is 8.97. The van der Waals surface area contributed by atoms with E-state index in [2.05, 4.69) is 0 Å². The van der Waals surface area contributed by atoms with Crippen molar-refractivity contribution in [1.82, 2.24) is 0 Å². The molecular formula is C9H18N2O. The molecule has 0 spiro atoms. The summed E-state index contributed by atoms with van der Waals surface area (Å²) in [5.41, 5.74) is 10.7. The van der Waals surface area contributed by atoms with Crippen molar-refractivity contribution in [2.75, 3.05) is 6.54 Å². The number of carbonyl (C=O) groups excluding carboxylic acids is 1. The quantitative estimate of drug-likeness (QED) is 0.649. The van der Waals surface area contributed by atoms with Gasteiger partial charge in [0, 0.05) is 6.54 Å². The van der Waals surface area contributed by atoms with E-state index in [-0.39, 0.29) is 11.8 Å². The zero-order valence-corrected chi connectivity index (χ0v) is 7.46. The fraction of sp³-hybridized carbons (Fsp3) is 0.889. The molecule has 0 aromatic heterocycles. The second-order valence-corrected chi connectivity index (χ2v) is 3.72. The normalized spacial score (nSPS) is 21.1. The van der Waals surface area contributed by atoms with Crippen LogP contribution in [0.2, 0.25) is 0 Å². The molecule has 1 saturated carbocycles. The summed E-state index contributed by atoms with van der Waals surface area (Å²) in [6, 6.07) is 0. The Hall–Kier alpha value is -0.570. The van der Waals surface area contributed by atoms with Gasteiger partial charge in [-0.3, -0.25) is 4.79 Å². The number of nitrogens with two attached hydrogens (primary N) is 2. The Morgan fingerprint density at radius 3 is 2.42 bits per heavy atom. The van der Waals surface area contributed by atoms with Crippen LogP contribution in [0.15, 0.2) is 0 Å². The summed E-state index contributed by atoms with van der Waals surface area (Å²) < 4.78 is 0. The van der Waals surface area contributed by atoms with Crippen molar-refractivity contribution in [3.05, 3.63) is 0 Å². The second kappa shape index (κ2) is 4.45. The minimum Gasteiger partial charge on any atom is -0.369 e. The number of amides is 1. The SMILES string of the molecule is NCC(CC1CCCC1)C(N)=O. The van der Waals surface area contributed by atoms with E-state index in [1.54, 1.807) is 0 Å². The highest BCUT2D eigenvalue weighted by molar-refractivity contribution is 5.76. The maximum atomic E-state index is 10.9. The minimum absolute atomic E-state index is 0.0897. The van der Waals surface area contributed by atoms with E-state index in [9.17, 15) is 4.79 Å². The van der Waals surface area contributed by atoms with Crippen molar-refractivity contribution in [3.63, 3.8) is 0 Å². The molecule has 0 aromatic carbocycles. The van der Waals surface area contributed by atoms with Gasteiger partial charge in [0.15, 0.2) is 0 Å². The molecule has 1 rings (SSSR count). The van der Waals surface area contributed by atoms with Gasteiger partial charge in [-0.25, -0.2) is 0 Å². The molecule has 0 bridgehead atoms. The fourth-order valence-electron chi connectivity index (χ4n) is 1.98. The average molecular weight is 170 g/mol. The largest absolute Gasteiger partial charge is 0.369 e. The molecule has 1 fully saturated rings. The van der Waals surface area contributed by atoms with Crippen LogP contribution in [0.1, 0.15) is 32.1 Å². The van der Waals surface area contributed by atoms with Crippen molar-refractivity contribution in [2.45, 2.75) is 32.1 Å². The van der Waals surface area contributed by atoms with Gasteiger partial charge >= 0.3 is 0 Å². The van der Waals surface area contributed by atoms with Gasteiger partial charge in [-0.2, -0.15) is 0 Å². The maximum Gasteiger partial charge on any atom is 0.221 e. The molecule has 4 N–H and O–H groups in total. The summed E-state index contributed by atoms with van der Waals surface area (Å²) in [5.74, 6) is 0.378. The van der Waals surface area contributed by atoms with Crippen LogP contribution in [0.5, 0.6) is 0 Å². The Bertz CT molecular complexity index is 153. The molecule has 0 aliphatic heterocycles. The van der Waals surface area contributed by atoms with Crippen LogP contribution >= 0.6 is 0 Å². The van der Waals surface area contributed by atoms with E-state index in [0.29, 0.717) is 12.5 Å². The fourth-order valence-corrected chi connectivity index (χ4v) is 1.98. The third-order valence-corrected chi connectivity index (χ3v) is 2.78. The Kier molecular flexibility index (Phi) is 3.53. The molecular weight excluding hydrogens is 152 g/mol. The van der Waals surface area contributed by atoms with Gasteiger partial charge in [-0.15, -0.1) is 0 Å². The predicted molar refractivity (Wildman–Crippen MR) is 48.3 cm³/mol. The van der Waals surface area contributed by atoms with Crippen molar-refractivity contribution in [1.29, 1.82) is 0 Å². The standard InChI is InChI=1S/C9H18N2O/c10-6-8(9(11)12)5-7-3-1-2-4-7/h7-8H,1-6,10H2,(H2,11,12). The van der Waals surface area contributed by atoms with Crippen molar-refractivity contribution < 1.29 is 4.79 Å². The molecule has 0 saturated heterocycles. The number of rotatable bonds is 4. The van der Waals surface area contributed by atoms with Gasteiger partial charge in [-0.05, 0) is 12.3 Å². The van der Waals surface area contributed by atoms with Crippen molar-refractivity contribution in [3.8, 4) is 0 Å². The van der Waals surface area contributed by atoms with Gasteiger partial charge in [0.1, 0.15) is 0 Å². The van der Waals surface area contributed by atoms with Crippen LogP contribution in [-0.4, -0.2) is 12.5 Å². The van der Waals surface area contributed by atoms with E-state index >= 15 is 0 Å². The first kappa shape index (κ1) is 9.52. The highest BCUT2D eigenvalue weighted by Crippen LogP contribution is 2.29. The van der Waals surface area contributed by atoms with Crippen molar-refractivity contribution in [2.24, 2.45) is 23.3 Å². The topological polar surface area (TPSA) is 69.1 Å². The molecule has 3 nitrogen and oxygen atoms in total. The van der Waals surface area contributed by atoms with Crippen LogP contribution in [0.25, 0.3) is 0 Å². The predicted octanol–water partition coefficient (Wildman–Crippen LogP) is 0.627. The smallest absolute Gasteiger partial charge is 0.221 e. The molecule has 1 aliphatic carbocycles. The molecule has 0 radical (unpaired) electrons. The first-order chi connectivity index (χ1) is 5.74. The lowest BCUT2D eigenvalue weighted by Gasteiger charge is -2.15. The number of hydrogen-bond acceptors (Lipinski definition) is 2. The summed E-state index contributed by atoms with van der Waals surface area (Å²) in [6.45, 7) is 0.409. The monoisotopic (exact) mass is 170 g/mol. The van der Waals surface area contributed by atoms with E-state index in [1.807, 2.05) is 0 Å². The van der Waals surface area contributed by atoms with E-state index < -0.39 is 0 Å². The molecule has 3 heteroatoms. The average Bonchev–Trinajstić information content (AvgIpc) is 2.51. The number of primary amides is 1. The lowest BCUT2D eigenvalue weighted by Crippen LogP contribution is -2.31. The van der Waals surface area contributed by atoms with Gasteiger partial charge < -0.3 is 11.5 Å². The number of hydrogen-bond donors (Lipinski definition) is 2. The lowest BCUT2D eigenvalue weighted by atomic mass is 9.93. The summed E-state index contributed by atoms with van der Waals surface area (Å²) in [5, 5.41) is 0. The Morgan fingerprint density at radius 1 is 1.42 bits per heavy atom. The Morgan fingerprint density at radius 2 is 2.00 bits per heavy atom. The van der Waals surface area contributed by atoms with Gasteiger partial charge in [0.25, 0.3) is 0 Å². The van der Waals surface area contributed by atoms with Crippen LogP contribution in [0.3, 0.4) is 0 Å². The molecule has 70 valence electrons. The summed E-state index contributed by atoms with van der Waals surface area (Å²) in [4.78, 5) is 10.9. The van der Waals surface area contributed by atoms with Crippen LogP contribution < -0.4 is 11.5 Å². The molecule has 1 amide bonds. The molecule has 1 atom stereocenters. The Balaban J connectivity index is 2.30. The minimum atomic E-state index is -0.232. The van der Waals surface area contributed by atoms with E-state index in [1.165, 1.54) is 25.7 Å². The van der Waals surface area contributed by atoms with Crippen LogP contribution in [-0.2, 0) is 4.79 Å². The first-order valence-corrected chi connectivity index (χ1v) is 4.73. The summed E-state index contributed by atoms with van der Waals surface area (Å²) >= 11 is 0. The maximum absolute atomic E-state index is 10.9. The highest BCUT2D eigenvalue weighted by Gasteiger charge is 2.22. The third-order valence-electron chi connectivity index (χ3n) is 2.78. The van der Waals surface area contributed by atoms with E-state index in [4.69, 9.17) is 11.5 Å². The number of carbonyl (C=O) groups is 1. The lowest BCUT2D eigenvalue weighted by molar-refractivity contribution is -0.122. The molecule has 1 unspecified atom stereocenters. The Labute approximate surface area is 73.5 Å². The highest BCUT2D eigenvalue weighted by atomic mass is 16.1. The van der Waals surface area contributed by atoms with Gasteiger partial charge in [0.2, 0.25) is 5.91 Å². The van der Waals surface area contributed by atoms with Crippen LogP contribution in [0, 0.1) is 11.8 Å². The first-order valence-electron chi connectivity index (χ1n) is 4.73. The van der Waals surface area contributed by atoms with Gasteiger partial charge in [0.05, 0.1) is 5.92 Å². The summed E-state index contributed by atoms with van der Waals surface area (Å²) in [6.07, 6.45) is 6.03. The third kappa shape index (κ3) is 2.48. The van der Waals surface area contributed by atoms with E-state index in [0.717, 1.165) is 6.42 Å². The molecule has 0 aromatic rings. The second-order valence-electron chi connectivity index (χ2n) is 3.72. The molecule has 0 heterocycles. The molecule has 1 aliphatic rings. The van der Waals surface area contributed by atoms with Gasteiger partial charge in [-0.1, -0.05) is 25.7 Å². The summed E-state index contributed by atoms with van der Waals surface area (Å²) in [7, 11) is 0. The van der Waals surface area contributed by atoms with Crippen molar-refractivity contribution >= 4 is 5.91 Å². The molecule has 12 heavy (non-hydrogen) atoms.